The summed E-state index contributed by atoms with van der Waals surface area (Å²) in [5, 5.41) is 6.06. The van der Waals surface area contributed by atoms with Crippen molar-refractivity contribution in [3.05, 3.63) is 58.7 Å². The predicted molar refractivity (Wildman–Crippen MR) is 104 cm³/mol. The summed E-state index contributed by atoms with van der Waals surface area (Å²) in [6.45, 7) is 3.62. The molecule has 1 aliphatic rings. The van der Waals surface area contributed by atoms with Gasteiger partial charge in [0.25, 0.3) is 11.8 Å². The van der Waals surface area contributed by atoms with E-state index >= 15 is 0 Å². The molecule has 1 aromatic heterocycles. The van der Waals surface area contributed by atoms with Crippen LogP contribution < -0.4 is 15.4 Å². The zero-order valence-electron chi connectivity index (χ0n) is 14.8. The maximum absolute atomic E-state index is 13.6. The van der Waals surface area contributed by atoms with Gasteiger partial charge in [-0.25, -0.2) is 4.39 Å². The van der Waals surface area contributed by atoms with Gasteiger partial charge in [0.2, 0.25) is 0 Å². The van der Waals surface area contributed by atoms with Crippen LogP contribution in [0.2, 0.25) is 0 Å². The highest BCUT2D eigenvalue weighted by Crippen LogP contribution is 2.38. The van der Waals surface area contributed by atoms with Crippen molar-refractivity contribution in [2.24, 2.45) is 0 Å². The average molecular weight is 388 g/mol. The number of hydrogen-bond acceptors (Lipinski definition) is 4. The molecule has 7 heteroatoms. The van der Waals surface area contributed by atoms with E-state index in [0.29, 0.717) is 17.1 Å². The summed E-state index contributed by atoms with van der Waals surface area (Å²) in [7, 11) is 0. The van der Waals surface area contributed by atoms with Crippen LogP contribution in [-0.4, -0.2) is 25.0 Å². The van der Waals surface area contributed by atoms with Crippen molar-refractivity contribution in [2.45, 2.75) is 25.7 Å². The monoisotopic (exact) mass is 388 g/mol. The molecule has 2 N–H and O–H groups in total. The Kier molecular flexibility index (Phi) is 6.24. The number of thiophene rings is 1. The van der Waals surface area contributed by atoms with Crippen LogP contribution in [0.15, 0.2) is 36.9 Å². The van der Waals surface area contributed by atoms with Gasteiger partial charge in [0, 0.05) is 11.4 Å². The van der Waals surface area contributed by atoms with E-state index in [0.717, 1.165) is 36.1 Å². The van der Waals surface area contributed by atoms with Crippen LogP contribution in [0, 0.1) is 5.82 Å². The second-order valence-electron chi connectivity index (χ2n) is 6.18. The zero-order valence-corrected chi connectivity index (χ0v) is 15.7. The third kappa shape index (κ3) is 4.54. The standard InChI is InChI=1S/C20H21FN2O3S/c1-2-11-22-19(25)18-13-7-3-6-10-16(13)27-20(18)23-17(24)12-26-15-9-5-4-8-14(15)21/h2,4-5,8-9H,1,3,6-7,10-12H2,(H,22,25)(H,23,24). The van der Waals surface area contributed by atoms with Gasteiger partial charge < -0.3 is 15.4 Å². The number of carbonyl (C=O) groups is 2. The number of rotatable bonds is 7. The highest BCUT2D eigenvalue weighted by atomic mass is 32.1. The molecule has 0 fully saturated rings. The predicted octanol–water partition coefficient (Wildman–Crippen LogP) is 3.70. The minimum Gasteiger partial charge on any atom is -0.481 e. The number of benzene rings is 1. The van der Waals surface area contributed by atoms with Crippen LogP contribution in [0.1, 0.15) is 33.6 Å². The molecule has 0 atom stereocenters. The van der Waals surface area contributed by atoms with Gasteiger partial charge in [-0.15, -0.1) is 17.9 Å². The quantitative estimate of drug-likeness (QED) is 0.711. The fourth-order valence-corrected chi connectivity index (χ4v) is 4.32. The Morgan fingerprint density at radius 1 is 1.26 bits per heavy atom. The molecule has 1 aromatic carbocycles. The molecular formula is C20H21FN2O3S. The number of anilines is 1. The average Bonchev–Trinajstić information content (AvgIpc) is 3.03. The Labute approximate surface area is 161 Å². The van der Waals surface area contributed by atoms with Gasteiger partial charge in [-0.1, -0.05) is 18.2 Å². The van der Waals surface area contributed by atoms with Gasteiger partial charge in [-0.2, -0.15) is 0 Å². The molecule has 0 saturated heterocycles. The Bertz CT molecular complexity index is 863. The highest BCUT2D eigenvalue weighted by Gasteiger charge is 2.26. The molecule has 0 spiro atoms. The van der Waals surface area contributed by atoms with Crippen molar-refractivity contribution in [1.29, 1.82) is 0 Å². The van der Waals surface area contributed by atoms with Crippen molar-refractivity contribution in [2.75, 3.05) is 18.5 Å². The molecule has 3 rings (SSSR count). The number of ether oxygens (including phenoxy) is 1. The smallest absolute Gasteiger partial charge is 0.262 e. The van der Waals surface area contributed by atoms with Gasteiger partial charge in [0.15, 0.2) is 18.2 Å². The molecule has 0 bridgehead atoms. The van der Waals surface area contributed by atoms with Crippen molar-refractivity contribution >= 4 is 28.2 Å². The van der Waals surface area contributed by atoms with E-state index in [9.17, 15) is 14.0 Å². The first kappa shape index (κ1) is 19.1. The van der Waals surface area contributed by atoms with Crippen molar-refractivity contribution in [3.8, 4) is 5.75 Å². The number of nitrogens with one attached hydrogen (secondary N) is 2. The fourth-order valence-electron chi connectivity index (χ4n) is 3.02. The molecule has 1 aliphatic carbocycles. The molecule has 2 aromatic rings. The van der Waals surface area contributed by atoms with Crippen molar-refractivity contribution < 1.29 is 18.7 Å². The lowest BCUT2D eigenvalue weighted by molar-refractivity contribution is -0.118. The van der Waals surface area contributed by atoms with Gasteiger partial charge in [-0.05, 0) is 43.4 Å². The summed E-state index contributed by atoms with van der Waals surface area (Å²) in [5.41, 5.74) is 1.54. The largest absolute Gasteiger partial charge is 0.481 e. The number of fused-ring (bicyclic) bond motifs is 1. The Balaban J connectivity index is 1.74. The van der Waals surface area contributed by atoms with Crippen molar-refractivity contribution in [1.82, 2.24) is 5.32 Å². The Morgan fingerprint density at radius 2 is 2.04 bits per heavy atom. The lowest BCUT2D eigenvalue weighted by Crippen LogP contribution is -2.27. The van der Waals surface area contributed by atoms with E-state index in [1.54, 1.807) is 18.2 Å². The van der Waals surface area contributed by atoms with Crippen LogP contribution >= 0.6 is 11.3 Å². The van der Waals surface area contributed by atoms with E-state index < -0.39 is 11.7 Å². The second-order valence-corrected chi connectivity index (χ2v) is 7.29. The minimum absolute atomic E-state index is 0.0158. The van der Waals surface area contributed by atoms with Gasteiger partial charge in [0.1, 0.15) is 5.00 Å². The number of carbonyl (C=O) groups excluding carboxylic acids is 2. The molecule has 27 heavy (non-hydrogen) atoms. The number of para-hydroxylation sites is 1. The first-order chi connectivity index (χ1) is 13.1. The summed E-state index contributed by atoms with van der Waals surface area (Å²) in [6.07, 6.45) is 5.44. The van der Waals surface area contributed by atoms with E-state index in [-0.39, 0.29) is 18.3 Å². The van der Waals surface area contributed by atoms with Gasteiger partial charge >= 0.3 is 0 Å². The number of amides is 2. The van der Waals surface area contributed by atoms with Crippen LogP contribution in [-0.2, 0) is 17.6 Å². The Hall–Kier alpha value is -2.67. The lowest BCUT2D eigenvalue weighted by Gasteiger charge is -2.13. The summed E-state index contributed by atoms with van der Waals surface area (Å²) in [5.74, 6) is -1.17. The summed E-state index contributed by atoms with van der Waals surface area (Å²) < 4.78 is 18.8. The van der Waals surface area contributed by atoms with Crippen LogP contribution in [0.5, 0.6) is 5.75 Å². The fraction of sp³-hybridized carbons (Fsp3) is 0.300. The first-order valence-corrected chi connectivity index (χ1v) is 9.62. The number of hydrogen-bond donors (Lipinski definition) is 2. The molecule has 0 unspecified atom stereocenters. The van der Waals surface area contributed by atoms with Crippen LogP contribution in [0.25, 0.3) is 0 Å². The number of halogens is 1. The molecule has 1 heterocycles. The van der Waals surface area contributed by atoms with Crippen LogP contribution in [0.4, 0.5) is 9.39 Å². The SMILES string of the molecule is C=CCNC(=O)c1c(NC(=O)COc2ccccc2F)sc2c1CCCC2. The molecule has 0 radical (unpaired) electrons. The Morgan fingerprint density at radius 3 is 2.81 bits per heavy atom. The number of aryl methyl sites for hydroxylation is 1. The normalized spacial score (nSPS) is 12.8. The maximum atomic E-state index is 13.6. The molecule has 0 saturated carbocycles. The third-order valence-electron chi connectivity index (χ3n) is 4.25. The van der Waals surface area contributed by atoms with Crippen LogP contribution in [0.3, 0.4) is 0 Å². The molecule has 2 amide bonds. The van der Waals surface area contributed by atoms with E-state index in [1.807, 2.05) is 0 Å². The zero-order chi connectivity index (χ0) is 19.2. The van der Waals surface area contributed by atoms with Gasteiger partial charge in [0.05, 0.1) is 5.56 Å². The van der Waals surface area contributed by atoms with E-state index in [2.05, 4.69) is 17.2 Å². The van der Waals surface area contributed by atoms with E-state index in [4.69, 9.17) is 4.74 Å². The summed E-state index contributed by atoms with van der Waals surface area (Å²) in [4.78, 5) is 26.0. The second kappa shape index (κ2) is 8.81. The third-order valence-corrected chi connectivity index (χ3v) is 5.46. The lowest BCUT2D eigenvalue weighted by atomic mass is 9.95. The maximum Gasteiger partial charge on any atom is 0.262 e. The van der Waals surface area contributed by atoms with E-state index in [1.165, 1.54) is 23.5 Å². The summed E-state index contributed by atoms with van der Waals surface area (Å²) in [6, 6.07) is 5.90. The first-order valence-electron chi connectivity index (χ1n) is 8.81. The topological polar surface area (TPSA) is 67.4 Å². The molecular weight excluding hydrogens is 367 g/mol. The molecule has 5 nitrogen and oxygen atoms in total. The molecule has 142 valence electrons. The molecule has 0 aliphatic heterocycles. The van der Waals surface area contributed by atoms with Crippen molar-refractivity contribution in [3.63, 3.8) is 0 Å². The van der Waals surface area contributed by atoms with Gasteiger partial charge in [-0.3, -0.25) is 9.59 Å². The highest BCUT2D eigenvalue weighted by molar-refractivity contribution is 7.17. The minimum atomic E-state index is -0.527. The summed E-state index contributed by atoms with van der Waals surface area (Å²) >= 11 is 1.43.